The first-order valence-corrected chi connectivity index (χ1v) is 12.5. The van der Waals surface area contributed by atoms with Crippen LogP contribution in [0, 0.1) is 0 Å². The second-order valence-electron chi connectivity index (χ2n) is 9.30. The summed E-state index contributed by atoms with van der Waals surface area (Å²) in [5.74, 6) is 0.00456. The van der Waals surface area contributed by atoms with Crippen molar-refractivity contribution in [2.24, 2.45) is 7.05 Å². The molecule has 0 bridgehead atoms. The van der Waals surface area contributed by atoms with Gasteiger partial charge >= 0.3 is 11.7 Å². The molecule has 0 radical (unpaired) electrons. The van der Waals surface area contributed by atoms with Crippen LogP contribution in [-0.4, -0.2) is 72.7 Å². The molecule has 11 nitrogen and oxygen atoms in total. The van der Waals surface area contributed by atoms with Gasteiger partial charge in [0.25, 0.3) is 5.56 Å². The number of aromatic nitrogens is 4. The van der Waals surface area contributed by atoms with Crippen molar-refractivity contribution in [1.29, 1.82) is 0 Å². The number of carbonyl (C=O) groups is 1. The zero-order valence-electron chi connectivity index (χ0n) is 21.0. The summed E-state index contributed by atoms with van der Waals surface area (Å²) < 4.78 is 9.71. The van der Waals surface area contributed by atoms with Gasteiger partial charge in [-0.15, -0.1) is 0 Å². The number of nitrogens with zero attached hydrogens (tertiary/aromatic N) is 6. The molecule has 0 saturated carbocycles. The molecule has 0 atom stereocenters. The van der Waals surface area contributed by atoms with Gasteiger partial charge in [0, 0.05) is 44.3 Å². The van der Waals surface area contributed by atoms with Crippen LogP contribution in [0.15, 0.2) is 58.1 Å². The van der Waals surface area contributed by atoms with Crippen LogP contribution >= 0.6 is 11.6 Å². The minimum Gasteiger partial charge on any atom is -0.508 e. The number of hydrogen-bond donors (Lipinski definition) is 1. The molecular weight excluding hydrogens is 512 g/mol. The third-order valence-electron chi connectivity index (χ3n) is 6.63. The molecule has 4 aromatic rings. The molecule has 1 saturated heterocycles. The van der Waals surface area contributed by atoms with Crippen molar-refractivity contribution in [3.05, 3.63) is 80.0 Å². The maximum Gasteiger partial charge on any atom is 0.332 e. The Morgan fingerprint density at radius 2 is 1.74 bits per heavy atom. The summed E-state index contributed by atoms with van der Waals surface area (Å²) in [7, 11) is 3.48. The molecule has 1 aliphatic heterocycles. The number of carbonyl (C=O) groups excluding carboxylic acids is 1. The molecule has 1 amide bonds. The predicted molar refractivity (Wildman–Crippen MR) is 142 cm³/mol. The lowest BCUT2D eigenvalue weighted by Gasteiger charge is -2.32. The van der Waals surface area contributed by atoms with E-state index in [9.17, 15) is 19.5 Å². The van der Waals surface area contributed by atoms with Crippen LogP contribution in [-0.2, 0) is 24.9 Å². The number of amides is 1. The van der Waals surface area contributed by atoms with E-state index in [0.717, 1.165) is 23.2 Å². The molecule has 2 aromatic heterocycles. The van der Waals surface area contributed by atoms with Gasteiger partial charge in [-0.1, -0.05) is 29.8 Å². The minimum absolute atomic E-state index is 0.0000342. The fourth-order valence-electron chi connectivity index (χ4n) is 4.43. The molecule has 1 fully saturated rings. The molecular formula is C26H27ClN6O5. The van der Waals surface area contributed by atoms with Gasteiger partial charge in [0.2, 0.25) is 5.91 Å². The number of phenols is 1. The summed E-state index contributed by atoms with van der Waals surface area (Å²) in [6, 6.07) is 13.3. The monoisotopic (exact) mass is 538 g/mol. The fourth-order valence-corrected chi connectivity index (χ4v) is 4.56. The number of ether oxygens (including phenoxy) is 1. The standard InChI is InChI=1S/C26H27ClN6O5/c1-29-10-12-31(13-11-29)21(35)16-33-24(36)22-23(30(2)26(33)37)28-25(38-20-5-3-4-19(34)14-20)32(22)15-17-6-8-18(27)9-7-17/h3-9,14,34H,10-13,15-16H2,1-2H3. The van der Waals surface area contributed by atoms with Crippen LogP contribution in [0.4, 0.5) is 0 Å². The van der Waals surface area contributed by atoms with Crippen molar-refractivity contribution < 1.29 is 14.6 Å². The maximum atomic E-state index is 13.8. The lowest BCUT2D eigenvalue weighted by molar-refractivity contribution is -0.133. The highest BCUT2D eigenvalue weighted by molar-refractivity contribution is 6.30. The van der Waals surface area contributed by atoms with Gasteiger partial charge in [0.05, 0.1) is 6.54 Å². The third-order valence-corrected chi connectivity index (χ3v) is 6.88. The average Bonchev–Trinajstić information content (AvgIpc) is 3.24. The van der Waals surface area contributed by atoms with Crippen LogP contribution in [0.5, 0.6) is 17.5 Å². The number of aromatic hydroxyl groups is 1. The van der Waals surface area contributed by atoms with E-state index in [-0.39, 0.29) is 41.9 Å². The highest BCUT2D eigenvalue weighted by atomic mass is 35.5. The predicted octanol–water partition coefficient (Wildman–Crippen LogP) is 1.87. The van der Waals surface area contributed by atoms with Crippen LogP contribution in [0.25, 0.3) is 11.2 Å². The van der Waals surface area contributed by atoms with E-state index < -0.39 is 11.2 Å². The number of rotatable bonds is 6. The van der Waals surface area contributed by atoms with Crippen LogP contribution in [0.2, 0.25) is 5.02 Å². The van der Waals surface area contributed by atoms with Crippen molar-refractivity contribution in [2.45, 2.75) is 13.1 Å². The lowest BCUT2D eigenvalue weighted by atomic mass is 10.2. The topological polar surface area (TPSA) is 115 Å². The van der Waals surface area contributed by atoms with Gasteiger partial charge in [0.15, 0.2) is 11.2 Å². The molecule has 0 spiro atoms. The van der Waals surface area contributed by atoms with Crippen molar-refractivity contribution in [2.75, 3.05) is 33.2 Å². The molecule has 198 valence electrons. The summed E-state index contributed by atoms with van der Waals surface area (Å²) >= 11 is 6.05. The quantitative estimate of drug-likeness (QED) is 0.398. The summed E-state index contributed by atoms with van der Waals surface area (Å²) in [6.07, 6.45) is 0. The van der Waals surface area contributed by atoms with Gasteiger partial charge in [0.1, 0.15) is 18.0 Å². The van der Waals surface area contributed by atoms with Crippen molar-refractivity contribution in [1.82, 2.24) is 28.5 Å². The van der Waals surface area contributed by atoms with Crippen LogP contribution < -0.4 is 16.0 Å². The third kappa shape index (κ3) is 5.02. The summed E-state index contributed by atoms with van der Waals surface area (Å²) in [5, 5.41) is 10.4. The first-order chi connectivity index (χ1) is 18.2. The number of aryl methyl sites for hydroxylation is 1. The first kappa shape index (κ1) is 25.6. The molecule has 1 aliphatic rings. The molecule has 0 unspecified atom stereocenters. The number of halogens is 1. The summed E-state index contributed by atoms with van der Waals surface area (Å²) in [4.78, 5) is 48.2. The Balaban J connectivity index is 1.62. The number of benzene rings is 2. The van der Waals surface area contributed by atoms with Crippen molar-refractivity contribution in [3.63, 3.8) is 0 Å². The van der Waals surface area contributed by atoms with Crippen molar-refractivity contribution >= 4 is 28.7 Å². The fraction of sp³-hybridized carbons (Fsp3) is 0.308. The Kier molecular flexibility index (Phi) is 6.96. The van der Waals surface area contributed by atoms with Gasteiger partial charge in [-0.2, -0.15) is 4.98 Å². The highest BCUT2D eigenvalue weighted by Crippen LogP contribution is 2.27. The van der Waals surface area contributed by atoms with Gasteiger partial charge in [-0.05, 0) is 36.9 Å². The molecule has 0 aliphatic carbocycles. The van der Waals surface area contributed by atoms with Crippen LogP contribution in [0.1, 0.15) is 5.56 Å². The van der Waals surface area contributed by atoms with Gasteiger partial charge < -0.3 is 19.6 Å². The first-order valence-electron chi connectivity index (χ1n) is 12.1. The smallest absolute Gasteiger partial charge is 0.332 e. The summed E-state index contributed by atoms with van der Waals surface area (Å²) in [5.41, 5.74) is -0.249. The van der Waals surface area contributed by atoms with E-state index in [1.807, 2.05) is 19.2 Å². The number of fused-ring (bicyclic) bond motifs is 1. The number of likely N-dealkylation sites (N-methyl/N-ethyl adjacent to an activating group) is 1. The van der Waals surface area contributed by atoms with Crippen molar-refractivity contribution in [3.8, 4) is 17.5 Å². The number of phenolic OH excluding ortho intramolecular Hbond substituents is 1. The molecule has 38 heavy (non-hydrogen) atoms. The van der Waals surface area contributed by atoms with E-state index in [1.165, 1.54) is 23.7 Å². The van der Waals surface area contributed by atoms with E-state index in [2.05, 4.69) is 9.88 Å². The zero-order chi connectivity index (χ0) is 27.0. The molecule has 12 heteroatoms. The Bertz CT molecular complexity index is 1620. The second-order valence-corrected chi connectivity index (χ2v) is 9.73. The Morgan fingerprint density at radius 3 is 2.42 bits per heavy atom. The molecule has 5 rings (SSSR count). The largest absolute Gasteiger partial charge is 0.508 e. The lowest BCUT2D eigenvalue weighted by Crippen LogP contribution is -2.50. The van der Waals surface area contributed by atoms with E-state index in [4.69, 9.17) is 16.3 Å². The van der Waals surface area contributed by atoms with E-state index in [1.54, 1.807) is 33.7 Å². The number of piperazine rings is 1. The highest BCUT2D eigenvalue weighted by Gasteiger charge is 2.25. The number of hydrogen-bond acceptors (Lipinski definition) is 7. The van der Waals surface area contributed by atoms with E-state index in [0.29, 0.717) is 23.9 Å². The summed E-state index contributed by atoms with van der Waals surface area (Å²) in [6.45, 7) is 2.32. The average molecular weight is 539 g/mol. The van der Waals surface area contributed by atoms with Gasteiger partial charge in [-0.25, -0.2) is 9.36 Å². The Labute approximate surface area is 222 Å². The van der Waals surface area contributed by atoms with Crippen LogP contribution in [0.3, 0.4) is 0 Å². The Morgan fingerprint density at radius 1 is 1.03 bits per heavy atom. The Hall–Kier alpha value is -4.09. The van der Waals surface area contributed by atoms with Gasteiger partial charge in [-0.3, -0.25) is 18.7 Å². The maximum absolute atomic E-state index is 13.8. The minimum atomic E-state index is -0.648. The normalized spacial score (nSPS) is 14.2. The molecule has 3 heterocycles. The van der Waals surface area contributed by atoms with E-state index >= 15 is 0 Å². The zero-order valence-corrected chi connectivity index (χ0v) is 21.8. The molecule has 1 N–H and O–H groups in total. The SMILES string of the molecule is CN1CCN(C(=O)Cn2c(=O)c3c(nc(Oc4cccc(O)c4)n3Cc3ccc(Cl)cc3)n(C)c2=O)CC1. The molecule has 2 aromatic carbocycles. The second kappa shape index (κ2) is 10.3. The number of imidazole rings is 1.